The van der Waals surface area contributed by atoms with Gasteiger partial charge in [-0.2, -0.15) is 5.10 Å². The van der Waals surface area contributed by atoms with Crippen molar-refractivity contribution in [3.8, 4) is 11.3 Å². The summed E-state index contributed by atoms with van der Waals surface area (Å²) >= 11 is 1.48. The molecule has 0 N–H and O–H groups in total. The van der Waals surface area contributed by atoms with Gasteiger partial charge < -0.3 is 9.32 Å². The standard InChI is InChI=1S/C23H22N4O2S/c1-3-27(4-2)18-11-10-17-12-19(22(28)29-21(17)13-18)20-14-24-26-23(25-20)30-15-16-8-6-5-7-9-16/h5-14H,3-4,15H2,1-2H3. The van der Waals surface area contributed by atoms with Gasteiger partial charge in [0.25, 0.3) is 0 Å². The van der Waals surface area contributed by atoms with Gasteiger partial charge in [0.05, 0.1) is 11.8 Å². The van der Waals surface area contributed by atoms with E-state index < -0.39 is 5.63 Å². The van der Waals surface area contributed by atoms with Crippen LogP contribution in [0.4, 0.5) is 5.69 Å². The van der Waals surface area contributed by atoms with Crippen molar-refractivity contribution in [3.05, 3.63) is 76.8 Å². The van der Waals surface area contributed by atoms with Crippen molar-refractivity contribution in [1.82, 2.24) is 15.2 Å². The van der Waals surface area contributed by atoms with Gasteiger partial charge in [-0.05, 0) is 37.6 Å². The number of hydrogen-bond donors (Lipinski definition) is 0. The highest BCUT2D eigenvalue weighted by Crippen LogP contribution is 2.25. The van der Waals surface area contributed by atoms with Crippen LogP contribution in [0.15, 0.2) is 75.2 Å². The first-order valence-electron chi connectivity index (χ1n) is 9.87. The molecule has 152 valence electrons. The highest BCUT2D eigenvalue weighted by Gasteiger charge is 2.13. The molecule has 0 atom stereocenters. The molecule has 0 fully saturated rings. The molecule has 0 unspecified atom stereocenters. The molecule has 30 heavy (non-hydrogen) atoms. The summed E-state index contributed by atoms with van der Waals surface area (Å²) in [5.41, 5.74) is 3.18. The Morgan fingerprint density at radius 1 is 1.03 bits per heavy atom. The van der Waals surface area contributed by atoms with Crippen LogP contribution in [0.1, 0.15) is 19.4 Å². The third-order valence-electron chi connectivity index (χ3n) is 4.87. The van der Waals surface area contributed by atoms with Gasteiger partial charge >= 0.3 is 5.63 Å². The summed E-state index contributed by atoms with van der Waals surface area (Å²) in [6.45, 7) is 5.98. The molecule has 0 saturated carbocycles. The maximum absolute atomic E-state index is 12.7. The van der Waals surface area contributed by atoms with E-state index in [1.54, 1.807) is 0 Å². The number of thioether (sulfide) groups is 1. The van der Waals surface area contributed by atoms with Crippen LogP contribution in [0.5, 0.6) is 0 Å². The van der Waals surface area contributed by atoms with E-state index in [0.29, 0.717) is 22.0 Å². The maximum atomic E-state index is 12.7. The van der Waals surface area contributed by atoms with Crippen LogP contribution in [0, 0.1) is 0 Å². The predicted octanol–water partition coefficient (Wildman–Crippen LogP) is 4.78. The monoisotopic (exact) mass is 418 g/mol. The Bertz CT molecular complexity index is 1210. The Morgan fingerprint density at radius 3 is 2.60 bits per heavy atom. The molecule has 4 rings (SSSR count). The van der Waals surface area contributed by atoms with E-state index in [-0.39, 0.29) is 0 Å². The molecule has 2 aromatic carbocycles. The molecule has 0 aliphatic carbocycles. The van der Waals surface area contributed by atoms with Crippen LogP contribution in [0.3, 0.4) is 0 Å². The molecule has 2 heterocycles. The molecule has 7 heteroatoms. The van der Waals surface area contributed by atoms with E-state index in [4.69, 9.17) is 4.42 Å². The summed E-state index contributed by atoms with van der Waals surface area (Å²) in [5.74, 6) is 0.729. The molecule has 4 aromatic rings. The zero-order valence-corrected chi connectivity index (χ0v) is 17.7. The fraction of sp³-hybridized carbons (Fsp3) is 0.217. The molecule has 0 amide bonds. The number of nitrogens with zero attached hydrogens (tertiary/aromatic N) is 4. The lowest BCUT2D eigenvalue weighted by Gasteiger charge is -2.21. The first-order chi connectivity index (χ1) is 14.7. The quantitative estimate of drug-likeness (QED) is 0.316. The van der Waals surface area contributed by atoms with Gasteiger partial charge in [0.2, 0.25) is 5.16 Å². The lowest BCUT2D eigenvalue weighted by Crippen LogP contribution is -2.21. The first kappa shape index (κ1) is 20.1. The van der Waals surface area contributed by atoms with Gasteiger partial charge in [0, 0.05) is 36.0 Å². The molecular weight excluding hydrogens is 396 g/mol. The summed E-state index contributed by atoms with van der Waals surface area (Å²) in [6.07, 6.45) is 1.49. The Hall–Kier alpha value is -3.19. The zero-order chi connectivity index (χ0) is 20.9. The van der Waals surface area contributed by atoms with Gasteiger partial charge in [-0.3, -0.25) is 0 Å². The van der Waals surface area contributed by atoms with Crippen molar-refractivity contribution >= 4 is 28.4 Å². The maximum Gasteiger partial charge on any atom is 0.345 e. The zero-order valence-electron chi connectivity index (χ0n) is 16.9. The number of benzene rings is 2. The summed E-state index contributed by atoms with van der Waals surface area (Å²) in [4.78, 5) is 19.4. The van der Waals surface area contributed by atoms with Crippen molar-refractivity contribution in [2.45, 2.75) is 24.8 Å². The molecule has 2 aromatic heterocycles. The van der Waals surface area contributed by atoms with E-state index in [2.05, 4.69) is 46.1 Å². The molecule has 0 radical (unpaired) electrons. The summed E-state index contributed by atoms with van der Waals surface area (Å²) in [5, 5.41) is 9.48. The number of rotatable bonds is 7. The minimum absolute atomic E-state index is 0.384. The van der Waals surface area contributed by atoms with Crippen LogP contribution in [0.2, 0.25) is 0 Å². The molecule has 0 bridgehead atoms. The van der Waals surface area contributed by atoms with E-state index >= 15 is 0 Å². The highest BCUT2D eigenvalue weighted by atomic mass is 32.2. The van der Waals surface area contributed by atoms with Gasteiger partial charge in [-0.25, -0.2) is 9.78 Å². The van der Waals surface area contributed by atoms with Crippen molar-refractivity contribution < 1.29 is 4.42 Å². The fourth-order valence-electron chi connectivity index (χ4n) is 3.26. The van der Waals surface area contributed by atoms with Crippen LogP contribution in [-0.2, 0) is 5.75 Å². The fourth-order valence-corrected chi connectivity index (χ4v) is 4.02. The Morgan fingerprint density at radius 2 is 1.83 bits per heavy atom. The third kappa shape index (κ3) is 4.36. The first-order valence-corrected chi connectivity index (χ1v) is 10.9. The number of aromatic nitrogens is 3. The molecule has 0 saturated heterocycles. The van der Waals surface area contributed by atoms with E-state index in [1.807, 2.05) is 42.5 Å². The van der Waals surface area contributed by atoms with Crippen molar-refractivity contribution in [1.29, 1.82) is 0 Å². The van der Waals surface area contributed by atoms with Crippen LogP contribution < -0.4 is 10.5 Å². The summed E-state index contributed by atoms with van der Waals surface area (Å²) in [7, 11) is 0. The highest BCUT2D eigenvalue weighted by molar-refractivity contribution is 7.98. The van der Waals surface area contributed by atoms with Gasteiger partial charge in [0.1, 0.15) is 11.3 Å². The molecule has 0 spiro atoms. The minimum Gasteiger partial charge on any atom is -0.422 e. The van der Waals surface area contributed by atoms with Crippen LogP contribution in [-0.4, -0.2) is 28.3 Å². The summed E-state index contributed by atoms with van der Waals surface area (Å²) < 4.78 is 5.62. The Kier molecular flexibility index (Phi) is 6.09. The second kappa shape index (κ2) is 9.09. The van der Waals surface area contributed by atoms with Crippen LogP contribution in [0.25, 0.3) is 22.2 Å². The van der Waals surface area contributed by atoms with Gasteiger partial charge in [0.15, 0.2) is 0 Å². The molecule has 0 aliphatic rings. The SMILES string of the molecule is CCN(CC)c1ccc2cc(-c3cnnc(SCc4ccccc4)n3)c(=O)oc2c1. The predicted molar refractivity (Wildman–Crippen MR) is 121 cm³/mol. The lowest BCUT2D eigenvalue weighted by molar-refractivity contribution is 0.562. The van der Waals surface area contributed by atoms with Gasteiger partial charge in [-0.15, -0.1) is 5.10 Å². The molecular formula is C23H22N4O2S. The topological polar surface area (TPSA) is 72.1 Å². The van der Waals surface area contributed by atoms with E-state index in [0.717, 1.165) is 29.9 Å². The van der Waals surface area contributed by atoms with Crippen molar-refractivity contribution in [3.63, 3.8) is 0 Å². The average molecular weight is 419 g/mol. The van der Waals surface area contributed by atoms with E-state index in [9.17, 15) is 4.79 Å². The van der Waals surface area contributed by atoms with Crippen LogP contribution >= 0.6 is 11.8 Å². The summed E-state index contributed by atoms with van der Waals surface area (Å²) in [6, 6.07) is 17.8. The smallest absolute Gasteiger partial charge is 0.345 e. The van der Waals surface area contributed by atoms with E-state index in [1.165, 1.54) is 23.5 Å². The molecule has 0 aliphatic heterocycles. The molecule has 6 nitrogen and oxygen atoms in total. The number of hydrogen-bond acceptors (Lipinski definition) is 7. The van der Waals surface area contributed by atoms with Crippen molar-refractivity contribution in [2.24, 2.45) is 0 Å². The Labute approximate surface area is 179 Å². The largest absolute Gasteiger partial charge is 0.422 e. The number of anilines is 1. The average Bonchev–Trinajstić information content (AvgIpc) is 2.79. The second-order valence-electron chi connectivity index (χ2n) is 6.74. The van der Waals surface area contributed by atoms with Gasteiger partial charge in [-0.1, -0.05) is 42.1 Å². The van der Waals surface area contributed by atoms with Crippen molar-refractivity contribution in [2.75, 3.05) is 18.0 Å². The second-order valence-corrected chi connectivity index (χ2v) is 7.68. The lowest BCUT2D eigenvalue weighted by atomic mass is 10.1. The third-order valence-corrected chi connectivity index (χ3v) is 5.78. The minimum atomic E-state index is -0.432. The number of fused-ring (bicyclic) bond motifs is 1. The normalized spacial score (nSPS) is 11.0. The Balaban J connectivity index is 1.63.